The number of esters is 1. The summed E-state index contributed by atoms with van der Waals surface area (Å²) in [6.07, 6.45) is 1.53. The van der Waals surface area contributed by atoms with Crippen LogP contribution in [0.3, 0.4) is 0 Å². The van der Waals surface area contributed by atoms with Crippen LogP contribution in [0.15, 0.2) is 41.3 Å². The van der Waals surface area contributed by atoms with Crippen LogP contribution in [-0.2, 0) is 4.74 Å². The van der Waals surface area contributed by atoms with Crippen LogP contribution >= 0.6 is 0 Å². The van der Waals surface area contributed by atoms with Crippen LogP contribution in [0.1, 0.15) is 22.8 Å². The largest absolute Gasteiger partial charge is 0.462 e. The third kappa shape index (κ3) is 1.83. The van der Waals surface area contributed by atoms with Gasteiger partial charge in [-0.3, -0.25) is 14.2 Å². The SMILES string of the molecule is CCOC(=O)c1cnc2ccc(=O)n3c4cc(C)ccc4c1c23. The lowest BCUT2D eigenvalue weighted by Gasteiger charge is -2.05. The Hall–Kier alpha value is -2.95. The monoisotopic (exact) mass is 306 g/mol. The second-order valence-electron chi connectivity index (χ2n) is 5.53. The molecule has 5 heteroatoms. The van der Waals surface area contributed by atoms with E-state index in [1.807, 2.05) is 25.1 Å². The van der Waals surface area contributed by atoms with Crippen molar-refractivity contribution >= 4 is 33.3 Å². The fourth-order valence-electron chi connectivity index (χ4n) is 3.11. The Kier molecular flexibility index (Phi) is 2.84. The van der Waals surface area contributed by atoms with E-state index >= 15 is 0 Å². The number of aromatic nitrogens is 2. The molecule has 0 unspecified atom stereocenters. The third-order valence-corrected chi connectivity index (χ3v) is 4.07. The van der Waals surface area contributed by atoms with E-state index in [9.17, 15) is 9.59 Å². The van der Waals surface area contributed by atoms with Gasteiger partial charge in [-0.25, -0.2) is 4.79 Å². The zero-order valence-electron chi connectivity index (χ0n) is 12.8. The van der Waals surface area contributed by atoms with Crippen molar-refractivity contribution < 1.29 is 9.53 Å². The van der Waals surface area contributed by atoms with Crippen molar-refractivity contribution in [3.8, 4) is 0 Å². The molecule has 4 aromatic rings. The Morgan fingerprint density at radius 3 is 2.87 bits per heavy atom. The molecule has 0 aliphatic heterocycles. The molecule has 5 nitrogen and oxygen atoms in total. The first kappa shape index (κ1) is 13.7. The minimum Gasteiger partial charge on any atom is -0.462 e. The minimum absolute atomic E-state index is 0.133. The van der Waals surface area contributed by atoms with Gasteiger partial charge in [-0.1, -0.05) is 12.1 Å². The zero-order valence-corrected chi connectivity index (χ0v) is 12.8. The second-order valence-corrected chi connectivity index (χ2v) is 5.53. The molecule has 0 radical (unpaired) electrons. The van der Waals surface area contributed by atoms with Crippen LogP contribution in [0.25, 0.3) is 27.3 Å². The van der Waals surface area contributed by atoms with Gasteiger partial charge < -0.3 is 4.74 Å². The normalized spacial score (nSPS) is 11.6. The zero-order chi connectivity index (χ0) is 16.1. The number of carbonyl (C=O) groups excluding carboxylic acids is 1. The number of hydrogen-bond donors (Lipinski definition) is 0. The Morgan fingerprint density at radius 2 is 2.09 bits per heavy atom. The molecule has 0 atom stereocenters. The van der Waals surface area contributed by atoms with Crippen molar-refractivity contribution in [2.45, 2.75) is 13.8 Å². The lowest BCUT2D eigenvalue weighted by atomic mass is 10.1. The average molecular weight is 306 g/mol. The number of fused-ring (bicyclic) bond motifs is 3. The highest BCUT2D eigenvalue weighted by atomic mass is 16.5. The predicted octanol–water partition coefficient (Wildman–Crippen LogP) is 2.92. The van der Waals surface area contributed by atoms with Crippen molar-refractivity contribution in [2.24, 2.45) is 0 Å². The van der Waals surface area contributed by atoms with Crippen LogP contribution in [0, 0.1) is 6.92 Å². The molecule has 0 N–H and O–H groups in total. The molecule has 0 fully saturated rings. The molecule has 3 aromatic heterocycles. The molecular formula is C18H14N2O3. The van der Waals surface area contributed by atoms with Crippen molar-refractivity contribution in [3.05, 3.63) is 58.0 Å². The van der Waals surface area contributed by atoms with E-state index < -0.39 is 5.97 Å². The first-order valence-electron chi connectivity index (χ1n) is 7.45. The fourth-order valence-corrected chi connectivity index (χ4v) is 3.11. The maximum Gasteiger partial charge on any atom is 0.340 e. The Morgan fingerprint density at radius 1 is 1.26 bits per heavy atom. The molecule has 0 bridgehead atoms. The van der Waals surface area contributed by atoms with E-state index in [1.54, 1.807) is 17.4 Å². The second kappa shape index (κ2) is 4.78. The van der Waals surface area contributed by atoms with Crippen LogP contribution in [0.2, 0.25) is 0 Å². The summed E-state index contributed by atoms with van der Waals surface area (Å²) in [7, 11) is 0. The molecule has 0 spiro atoms. The number of benzene rings is 1. The summed E-state index contributed by atoms with van der Waals surface area (Å²) in [4.78, 5) is 29.0. The van der Waals surface area contributed by atoms with Gasteiger partial charge in [0.15, 0.2) is 0 Å². The first-order chi connectivity index (χ1) is 11.1. The molecule has 114 valence electrons. The number of hydrogen-bond acceptors (Lipinski definition) is 4. The van der Waals surface area contributed by atoms with Gasteiger partial charge >= 0.3 is 5.97 Å². The first-order valence-corrected chi connectivity index (χ1v) is 7.45. The predicted molar refractivity (Wildman–Crippen MR) is 88.4 cm³/mol. The van der Waals surface area contributed by atoms with Crippen molar-refractivity contribution in [1.82, 2.24) is 9.38 Å². The Bertz CT molecular complexity index is 1130. The van der Waals surface area contributed by atoms with Gasteiger partial charge in [-0.15, -0.1) is 0 Å². The molecule has 23 heavy (non-hydrogen) atoms. The third-order valence-electron chi connectivity index (χ3n) is 4.07. The van der Waals surface area contributed by atoms with E-state index in [-0.39, 0.29) is 5.56 Å². The molecule has 0 aliphatic rings. The number of carbonyl (C=O) groups is 1. The fraction of sp³-hybridized carbons (Fsp3) is 0.167. The van der Waals surface area contributed by atoms with E-state index in [1.165, 1.54) is 12.3 Å². The Balaban J connectivity index is 2.29. The van der Waals surface area contributed by atoms with E-state index in [0.717, 1.165) is 21.9 Å². The van der Waals surface area contributed by atoms with Crippen molar-refractivity contribution in [1.29, 1.82) is 0 Å². The summed E-state index contributed by atoms with van der Waals surface area (Å²) in [6, 6.07) is 9.04. The molecule has 0 aliphatic carbocycles. The van der Waals surface area contributed by atoms with Gasteiger partial charge in [0.25, 0.3) is 5.56 Å². The summed E-state index contributed by atoms with van der Waals surface area (Å²) < 4.78 is 6.77. The quantitative estimate of drug-likeness (QED) is 0.534. The number of ether oxygens (including phenoxy) is 1. The van der Waals surface area contributed by atoms with Crippen LogP contribution in [-0.4, -0.2) is 22.0 Å². The average Bonchev–Trinajstić information content (AvgIpc) is 2.87. The van der Waals surface area contributed by atoms with Crippen molar-refractivity contribution in [3.63, 3.8) is 0 Å². The maximum atomic E-state index is 12.4. The molecule has 0 saturated heterocycles. The molecule has 0 amide bonds. The highest BCUT2D eigenvalue weighted by molar-refractivity contribution is 6.20. The smallest absolute Gasteiger partial charge is 0.340 e. The summed E-state index contributed by atoms with van der Waals surface area (Å²) in [5.74, 6) is -0.423. The van der Waals surface area contributed by atoms with E-state index in [0.29, 0.717) is 23.2 Å². The number of nitrogens with zero attached hydrogens (tertiary/aromatic N) is 2. The number of pyridine rings is 2. The van der Waals surface area contributed by atoms with E-state index in [4.69, 9.17) is 4.74 Å². The molecule has 0 saturated carbocycles. The highest BCUT2D eigenvalue weighted by Crippen LogP contribution is 2.33. The van der Waals surface area contributed by atoms with Gasteiger partial charge in [-0.05, 0) is 31.5 Å². The van der Waals surface area contributed by atoms with Gasteiger partial charge in [0.05, 0.1) is 28.7 Å². The summed E-state index contributed by atoms with van der Waals surface area (Å²) in [6.45, 7) is 4.02. The highest BCUT2D eigenvalue weighted by Gasteiger charge is 2.21. The summed E-state index contributed by atoms with van der Waals surface area (Å²) in [5.41, 5.74) is 3.44. The van der Waals surface area contributed by atoms with E-state index in [2.05, 4.69) is 4.98 Å². The maximum absolute atomic E-state index is 12.4. The molecule has 1 aromatic carbocycles. The van der Waals surface area contributed by atoms with Crippen LogP contribution in [0.4, 0.5) is 0 Å². The summed E-state index contributed by atoms with van der Waals surface area (Å²) >= 11 is 0. The molecular weight excluding hydrogens is 292 g/mol. The molecule has 3 heterocycles. The van der Waals surface area contributed by atoms with Crippen LogP contribution < -0.4 is 5.56 Å². The lowest BCUT2D eigenvalue weighted by molar-refractivity contribution is 0.0528. The van der Waals surface area contributed by atoms with Gasteiger partial charge in [0.1, 0.15) is 0 Å². The number of aryl methyl sites for hydroxylation is 1. The molecule has 4 rings (SSSR count). The summed E-state index contributed by atoms with van der Waals surface area (Å²) in [5, 5.41) is 1.58. The van der Waals surface area contributed by atoms with Crippen LogP contribution in [0.5, 0.6) is 0 Å². The standard InChI is InChI=1S/C18H14N2O3/c1-3-23-18(22)12-9-19-13-6-7-15(21)20-14-8-10(2)4-5-11(14)16(12)17(13)20/h4-9H,3H2,1-2H3. The Labute approximate surface area is 131 Å². The van der Waals surface area contributed by atoms with Crippen molar-refractivity contribution in [2.75, 3.05) is 6.61 Å². The van der Waals surface area contributed by atoms with Gasteiger partial charge in [-0.2, -0.15) is 0 Å². The lowest BCUT2D eigenvalue weighted by Crippen LogP contribution is -2.11. The minimum atomic E-state index is -0.423. The topological polar surface area (TPSA) is 60.7 Å². The van der Waals surface area contributed by atoms with Gasteiger partial charge in [0, 0.05) is 23.0 Å². The number of rotatable bonds is 2. The van der Waals surface area contributed by atoms with Gasteiger partial charge in [0.2, 0.25) is 0 Å².